The minimum atomic E-state index is -4.68. The Kier molecular flexibility index (Phi) is 7.51. The molecule has 0 amide bonds. The number of hydrogen-bond acceptors (Lipinski definition) is 4. The van der Waals surface area contributed by atoms with Gasteiger partial charge in [-0.1, -0.05) is 17.1 Å². The van der Waals surface area contributed by atoms with Crippen LogP contribution in [0, 0.1) is 38.2 Å². The molecule has 5 nitrogen and oxygen atoms in total. The molecule has 0 aromatic heterocycles. The summed E-state index contributed by atoms with van der Waals surface area (Å²) in [6.07, 6.45) is 0. The first-order valence-corrected chi connectivity index (χ1v) is 11.4. The third kappa shape index (κ3) is 5.53. The average Bonchev–Trinajstić information content (AvgIpc) is 2.64. The molecular weight excluding hydrogens is 442 g/mol. The Morgan fingerprint density at radius 2 is 1.66 bits per heavy atom. The Labute approximate surface area is 188 Å². The van der Waals surface area contributed by atoms with Gasteiger partial charge in [0.25, 0.3) is 0 Å². The van der Waals surface area contributed by atoms with Crippen molar-refractivity contribution in [3.63, 3.8) is 0 Å². The van der Waals surface area contributed by atoms with Crippen LogP contribution < -0.4 is 5.46 Å². The van der Waals surface area contributed by atoms with E-state index >= 15 is 0 Å². The van der Waals surface area contributed by atoms with Crippen molar-refractivity contribution >= 4 is 29.3 Å². The quantitative estimate of drug-likeness (QED) is 0.482. The van der Waals surface area contributed by atoms with Crippen LogP contribution in [0.3, 0.4) is 0 Å². The molecule has 0 heterocycles. The lowest BCUT2D eigenvalue weighted by Gasteiger charge is -2.26. The second-order valence-corrected chi connectivity index (χ2v) is 10.6. The lowest BCUT2D eigenvalue weighted by atomic mass is 9.88. The molecule has 0 unspecified atom stereocenters. The monoisotopic (exact) mass is 469 g/mol. The number of ether oxygens (including phenoxy) is 1. The fourth-order valence-electron chi connectivity index (χ4n) is 3.25. The highest BCUT2D eigenvalue weighted by molar-refractivity contribution is 7.89. The Morgan fingerprint density at radius 1 is 1.06 bits per heavy atom. The Balaban J connectivity index is 2.64. The van der Waals surface area contributed by atoms with E-state index in [0.29, 0.717) is 11.1 Å². The summed E-state index contributed by atoms with van der Waals surface area (Å²) in [5, 5.41) is 0. The molecule has 0 saturated heterocycles. The number of aryl methyl sites for hydroxylation is 1. The molecule has 2 aromatic carbocycles. The lowest BCUT2D eigenvalue weighted by molar-refractivity contribution is -0.155. The van der Waals surface area contributed by atoms with E-state index in [0.717, 1.165) is 10.4 Å². The van der Waals surface area contributed by atoms with Crippen molar-refractivity contribution in [2.45, 2.75) is 58.6 Å². The number of carbonyl (C=O) groups excluding carboxylic acids is 1. The second kappa shape index (κ2) is 9.27. The first-order valence-electron chi connectivity index (χ1n) is 9.98. The van der Waals surface area contributed by atoms with Gasteiger partial charge in [0.15, 0.2) is 11.6 Å². The molecule has 0 saturated carbocycles. The third-order valence-corrected chi connectivity index (χ3v) is 7.10. The summed E-state index contributed by atoms with van der Waals surface area (Å²) in [5.74, 6) is -4.13. The van der Waals surface area contributed by atoms with Gasteiger partial charge in [-0.15, -0.1) is 0 Å². The van der Waals surface area contributed by atoms with Crippen LogP contribution in [0.2, 0.25) is 0 Å². The zero-order valence-electron chi connectivity index (χ0n) is 19.3. The first-order chi connectivity index (χ1) is 14.6. The highest BCUT2D eigenvalue weighted by Gasteiger charge is 2.35. The van der Waals surface area contributed by atoms with Crippen molar-refractivity contribution in [1.82, 2.24) is 4.31 Å². The smallest absolute Gasteiger partial charge is 0.321 e. The fraction of sp³-hybridized carbons (Fsp3) is 0.409. The molecule has 32 heavy (non-hydrogen) atoms. The van der Waals surface area contributed by atoms with E-state index in [9.17, 15) is 26.4 Å². The molecule has 0 atom stereocenters. The molecule has 0 bridgehead atoms. The van der Waals surface area contributed by atoms with Gasteiger partial charge in [0.2, 0.25) is 10.0 Å². The standard InChI is InChI=1S/C22H27BF3NO4S/c1-12-9-16(24)8-7-15(12)10-27(11-17(28)31-22(4,5)6)32(29,30)21-18(23)13(2)14(3)19(25)20(21)26/h7-9H,10-11,23H2,1-6H3. The zero-order valence-corrected chi connectivity index (χ0v) is 20.1. The van der Waals surface area contributed by atoms with Gasteiger partial charge in [-0.2, -0.15) is 4.31 Å². The summed E-state index contributed by atoms with van der Waals surface area (Å²) < 4.78 is 75.8. The van der Waals surface area contributed by atoms with Crippen LogP contribution in [0.15, 0.2) is 23.1 Å². The van der Waals surface area contributed by atoms with Gasteiger partial charge >= 0.3 is 5.97 Å². The van der Waals surface area contributed by atoms with Gasteiger partial charge in [0, 0.05) is 6.54 Å². The molecule has 2 rings (SSSR count). The van der Waals surface area contributed by atoms with Crippen LogP contribution in [0.25, 0.3) is 0 Å². The van der Waals surface area contributed by atoms with Gasteiger partial charge in [0.05, 0.1) is 0 Å². The van der Waals surface area contributed by atoms with Crippen LogP contribution in [0.4, 0.5) is 13.2 Å². The fourth-order valence-corrected chi connectivity index (χ4v) is 4.95. The molecule has 0 fully saturated rings. The minimum Gasteiger partial charge on any atom is -0.459 e. The van der Waals surface area contributed by atoms with Crippen molar-refractivity contribution in [2.24, 2.45) is 0 Å². The zero-order chi connectivity index (χ0) is 24.6. The van der Waals surface area contributed by atoms with E-state index in [1.807, 2.05) is 0 Å². The van der Waals surface area contributed by atoms with E-state index in [1.54, 1.807) is 27.7 Å². The van der Waals surface area contributed by atoms with Gasteiger partial charge < -0.3 is 4.74 Å². The van der Waals surface area contributed by atoms with E-state index in [-0.39, 0.29) is 23.1 Å². The van der Waals surface area contributed by atoms with Crippen molar-refractivity contribution in [3.05, 3.63) is 57.9 Å². The Morgan fingerprint density at radius 3 is 2.19 bits per heavy atom. The SMILES string of the molecule is Bc1c(C)c(C)c(F)c(F)c1S(=O)(=O)N(CC(=O)OC(C)(C)C)Cc1ccc(F)cc1C. The van der Waals surface area contributed by atoms with Crippen LogP contribution in [-0.4, -0.2) is 38.7 Å². The second-order valence-electron chi connectivity index (χ2n) is 8.76. The number of nitrogens with zero attached hydrogens (tertiary/aromatic N) is 1. The number of halogens is 3. The molecule has 0 aliphatic carbocycles. The summed E-state index contributed by atoms with van der Waals surface area (Å²) in [4.78, 5) is 11.6. The maximum Gasteiger partial charge on any atom is 0.321 e. The van der Waals surface area contributed by atoms with E-state index < -0.39 is 50.5 Å². The number of rotatable bonds is 6. The maximum absolute atomic E-state index is 14.9. The molecule has 0 N–H and O–H groups in total. The van der Waals surface area contributed by atoms with E-state index in [2.05, 4.69) is 0 Å². The van der Waals surface area contributed by atoms with Crippen molar-refractivity contribution in [2.75, 3.05) is 6.54 Å². The largest absolute Gasteiger partial charge is 0.459 e. The summed E-state index contributed by atoms with van der Waals surface area (Å²) in [7, 11) is -3.29. The Bertz CT molecular complexity index is 1130. The van der Waals surface area contributed by atoms with E-state index in [4.69, 9.17) is 4.74 Å². The minimum absolute atomic E-state index is 0.00650. The molecule has 0 radical (unpaired) electrons. The lowest BCUT2D eigenvalue weighted by Crippen LogP contribution is -2.41. The average molecular weight is 469 g/mol. The highest BCUT2D eigenvalue weighted by atomic mass is 32.2. The maximum atomic E-state index is 14.9. The van der Waals surface area contributed by atoms with Crippen LogP contribution in [-0.2, 0) is 26.1 Å². The number of esters is 1. The van der Waals surface area contributed by atoms with Crippen LogP contribution >= 0.6 is 0 Å². The van der Waals surface area contributed by atoms with Crippen molar-refractivity contribution in [1.29, 1.82) is 0 Å². The predicted octanol–water partition coefficient (Wildman–Crippen LogP) is 2.82. The number of sulfonamides is 1. The first kappa shape index (κ1) is 25.9. The van der Waals surface area contributed by atoms with Gasteiger partial charge in [-0.25, -0.2) is 21.6 Å². The Hall–Kier alpha value is -2.33. The van der Waals surface area contributed by atoms with Crippen LogP contribution in [0.1, 0.15) is 43.0 Å². The molecule has 174 valence electrons. The normalized spacial score (nSPS) is 12.3. The molecule has 10 heteroatoms. The molecule has 0 aliphatic rings. The summed E-state index contributed by atoms with van der Waals surface area (Å²) in [6, 6.07) is 3.75. The topological polar surface area (TPSA) is 63.7 Å². The highest BCUT2D eigenvalue weighted by Crippen LogP contribution is 2.26. The van der Waals surface area contributed by atoms with Gasteiger partial charge in [0.1, 0.15) is 30.7 Å². The van der Waals surface area contributed by atoms with E-state index in [1.165, 1.54) is 33.8 Å². The number of carbonyl (C=O) groups is 1. The van der Waals surface area contributed by atoms with Crippen molar-refractivity contribution < 1.29 is 31.1 Å². The molecule has 2 aromatic rings. The predicted molar refractivity (Wildman–Crippen MR) is 119 cm³/mol. The molecular formula is C22H27BF3NO4S. The van der Waals surface area contributed by atoms with Gasteiger partial charge in [-0.3, -0.25) is 4.79 Å². The molecule has 0 aliphatic heterocycles. The summed E-state index contributed by atoms with van der Waals surface area (Å²) >= 11 is 0. The molecule has 0 spiro atoms. The van der Waals surface area contributed by atoms with Crippen molar-refractivity contribution in [3.8, 4) is 0 Å². The third-order valence-electron chi connectivity index (χ3n) is 5.16. The number of hydrogen-bond donors (Lipinski definition) is 0. The van der Waals surface area contributed by atoms with Crippen LogP contribution in [0.5, 0.6) is 0 Å². The summed E-state index contributed by atoms with van der Waals surface area (Å²) in [6.45, 7) is 8.21. The number of benzene rings is 2. The van der Waals surface area contributed by atoms with Gasteiger partial charge in [-0.05, 0) is 70.4 Å². The summed E-state index contributed by atoms with van der Waals surface area (Å²) in [5.41, 5.74) is 0.307.